The Labute approximate surface area is 94.9 Å². The first-order valence-electron chi connectivity index (χ1n) is 5.45. The van der Waals surface area contributed by atoms with Gasteiger partial charge in [0.25, 0.3) is 0 Å². The highest BCUT2D eigenvalue weighted by Gasteiger charge is 2.24. The second-order valence-corrected chi connectivity index (χ2v) is 5.04. The summed E-state index contributed by atoms with van der Waals surface area (Å²) in [4.78, 5) is 6.09. The van der Waals surface area contributed by atoms with Gasteiger partial charge in [0.2, 0.25) is 0 Å². The molecule has 1 aliphatic carbocycles. The molecule has 1 N–H and O–H groups in total. The Morgan fingerprint density at radius 2 is 2.40 bits per heavy atom. The van der Waals surface area contributed by atoms with E-state index in [0.717, 1.165) is 11.4 Å². The number of aromatic nitrogens is 1. The largest absolute Gasteiger partial charge is 0.375 e. The third-order valence-electron chi connectivity index (χ3n) is 3.02. The van der Waals surface area contributed by atoms with E-state index in [4.69, 9.17) is 4.74 Å². The molecule has 1 heterocycles. The van der Waals surface area contributed by atoms with Gasteiger partial charge in [0.1, 0.15) is 11.1 Å². The lowest BCUT2D eigenvalue weighted by atomic mass is 9.98. The molecule has 0 aliphatic heterocycles. The van der Waals surface area contributed by atoms with Crippen LogP contribution in [0.15, 0.2) is 0 Å². The molecule has 2 unspecified atom stereocenters. The minimum absolute atomic E-state index is 0.123. The molecular formula is C11H18N2OS. The van der Waals surface area contributed by atoms with Gasteiger partial charge in [-0.15, -0.1) is 11.3 Å². The molecule has 1 aromatic rings. The molecule has 0 fully saturated rings. The Morgan fingerprint density at radius 3 is 3.07 bits per heavy atom. The van der Waals surface area contributed by atoms with E-state index in [1.54, 1.807) is 18.4 Å². The first kappa shape index (κ1) is 11.0. The molecular weight excluding hydrogens is 208 g/mol. The van der Waals surface area contributed by atoms with Crippen LogP contribution in [0.1, 0.15) is 47.5 Å². The number of thiazole rings is 1. The Hall–Kier alpha value is -0.450. The number of hydrogen-bond donors (Lipinski definition) is 1. The fourth-order valence-electron chi connectivity index (χ4n) is 1.99. The van der Waals surface area contributed by atoms with Gasteiger partial charge in [0, 0.05) is 18.0 Å². The molecule has 84 valence electrons. The molecule has 0 bridgehead atoms. The van der Waals surface area contributed by atoms with Gasteiger partial charge in [0.05, 0.1) is 5.69 Å². The summed E-state index contributed by atoms with van der Waals surface area (Å²) in [6.45, 7) is 2.05. The zero-order chi connectivity index (χ0) is 10.8. The van der Waals surface area contributed by atoms with Crippen LogP contribution in [0.25, 0.3) is 0 Å². The number of hydrogen-bond acceptors (Lipinski definition) is 4. The predicted octanol–water partition coefficient (Wildman–Crippen LogP) is 2.45. The number of aryl methyl sites for hydroxylation is 1. The summed E-state index contributed by atoms with van der Waals surface area (Å²) in [7, 11) is 3.76. The standard InChI is InChI=1S/C11H18N2OS/c1-7(14-3)11-13-9-6-4-5-8(12-2)10(9)15-11/h7-8,12H,4-6H2,1-3H3. The Kier molecular flexibility index (Phi) is 3.38. The Morgan fingerprint density at radius 1 is 1.60 bits per heavy atom. The van der Waals surface area contributed by atoms with Crippen LogP contribution < -0.4 is 5.32 Å². The van der Waals surface area contributed by atoms with Crippen LogP contribution in [0, 0.1) is 0 Å². The molecule has 0 amide bonds. The number of rotatable bonds is 3. The van der Waals surface area contributed by atoms with Crippen molar-refractivity contribution in [1.82, 2.24) is 10.3 Å². The summed E-state index contributed by atoms with van der Waals surface area (Å²) in [6.07, 6.45) is 3.72. The molecule has 0 saturated carbocycles. The maximum absolute atomic E-state index is 5.31. The lowest BCUT2D eigenvalue weighted by Gasteiger charge is -2.20. The van der Waals surface area contributed by atoms with Crippen LogP contribution in [0.4, 0.5) is 0 Å². The second-order valence-electron chi connectivity index (χ2n) is 3.97. The first-order valence-corrected chi connectivity index (χ1v) is 6.27. The van der Waals surface area contributed by atoms with Gasteiger partial charge in [-0.25, -0.2) is 4.98 Å². The Bertz CT molecular complexity index is 337. The molecule has 15 heavy (non-hydrogen) atoms. The summed E-state index contributed by atoms with van der Waals surface area (Å²) >= 11 is 1.80. The SMILES string of the molecule is CNC1CCCc2nc(C(C)OC)sc21. The predicted molar refractivity (Wildman–Crippen MR) is 62.3 cm³/mol. The van der Waals surface area contributed by atoms with Crippen molar-refractivity contribution in [3.8, 4) is 0 Å². The van der Waals surface area contributed by atoms with Crippen molar-refractivity contribution in [3.63, 3.8) is 0 Å². The van der Waals surface area contributed by atoms with Crippen molar-refractivity contribution in [3.05, 3.63) is 15.6 Å². The Balaban J connectivity index is 2.29. The molecule has 3 nitrogen and oxygen atoms in total. The van der Waals surface area contributed by atoms with Crippen molar-refractivity contribution >= 4 is 11.3 Å². The van der Waals surface area contributed by atoms with Gasteiger partial charge in [-0.1, -0.05) is 0 Å². The quantitative estimate of drug-likeness (QED) is 0.859. The van der Waals surface area contributed by atoms with Crippen LogP contribution in [0.2, 0.25) is 0 Å². The van der Waals surface area contributed by atoms with Crippen LogP contribution in [0.3, 0.4) is 0 Å². The maximum atomic E-state index is 5.31. The summed E-state index contributed by atoms with van der Waals surface area (Å²) in [5.41, 5.74) is 1.28. The minimum atomic E-state index is 0.123. The molecule has 1 aliphatic rings. The van der Waals surface area contributed by atoms with Gasteiger partial charge in [-0.05, 0) is 33.2 Å². The smallest absolute Gasteiger partial charge is 0.122 e. The van der Waals surface area contributed by atoms with E-state index in [1.165, 1.54) is 23.4 Å². The summed E-state index contributed by atoms with van der Waals surface area (Å²) in [5, 5.41) is 4.48. The van der Waals surface area contributed by atoms with E-state index in [9.17, 15) is 0 Å². The van der Waals surface area contributed by atoms with Gasteiger partial charge >= 0.3 is 0 Å². The topological polar surface area (TPSA) is 34.2 Å². The van der Waals surface area contributed by atoms with Crippen molar-refractivity contribution in [2.75, 3.05) is 14.2 Å². The highest BCUT2D eigenvalue weighted by atomic mass is 32.1. The molecule has 0 saturated heterocycles. The van der Waals surface area contributed by atoms with E-state index < -0.39 is 0 Å². The fourth-order valence-corrected chi connectivity index (χ4v) is 3.28. The van der Waals surface area contributed by atoms with Gasteiger partial charge in [-0.3, -0.25) is 0 Å². The number of ether oxygens (including phenoxy) is 1. The van der Waals surface area contributed by atoms with Crippen molar-refractivity contribution in [2.45, 2.75) is 38.3 Å². The minimum Gasteiger partial charge on any atom is -0.375 e. The van der Waals surface area contributed by atoms with Crippen LogP contribution in [-0.2, 0) is 11.2 Å². The normalized spacial score (nSPS) is 22.5. The molecule has 4 heteroatoms. The zero-order valence-electron chi connectivity index (χ0n) is 9.54. The second kappa shape index (κ2) is 4.60. The van der Waals surface area contributed by atoms with E-state index in [1.807, 2.05) is 7.05 Å². The van der Waals surface area contributed by atoms with E-state index >= 15 is 0 Å². The van der Waals surface area contributed by atoms with E-state index in [-0.39, 0.29) is 6.10 Å². The van der Waals surface area contributed by atoms with Crippen LogP contribution in [-0.4, -0.2) is 19.1 Å². The molecule has 2 rings (SSSR count). The monoisotopic (exact) mass is 226 g/mol. The van der Waals surface area contributed by atoms with Crippen molar-refractivity contribution < 1.29 is 4.74 Å². The zero-order valence-corrected chi connectivity index (χ0v) is 10.4. The molecule has 1 aromatic heterocycles. The summed E-state index contributed by atoms with van der Waals surface area (Å²) in [5.74, 6) is 0. The third kappa shape index (κ3) is 2.07. The van der Waals surface area contributed by atoms with Crippen LogP contribution >= 0.6 is 11.3 Å². The fraction of sp³-hybridized carbons (Fsp3) is 0.727. The van der Waals surface area contributed by atoms with E-state index in [0.29, 0.717) is 6.04 Å². The van der Waals surface area contributed by atoms with Gasteiger partial charge in [0.15, 0.2) is 0 Å². The van der Waals surface area contributed by atoms with E-state index in [2.05, 4.69) is 17.2 Å². The molecule has 0 aromatic carbocycles. The summed E-state index contributed by atoms with van der Waals surface area (Å²) < 4.78 is 5.31. The third-order valence-corrected chi connectivity index (χ3v) is 4.39. The highest BCUT2D eigenvalue weighted by Crippen LogP contribution is 2.36. The van der Waals surface area contributed by atoms with Gasteiger partial charge < -0.3 is 10.1 Å². The number of methoxy groups -OCH3 is 1. The highest BCUT2D eigenvalue weighted by molar-refractivity contribution is 7.11. The molecule has 0 spiro atoms. The first-order chi connectivity index (χ1) is 7.26. The van der Waals surface area contributed by atoms with Gasteiger partial charge in [-0.2, -0.15) is 0 Å². The lowest BCUT2D eigenvalue weighted by Crippen LogP contribution is -2.19. The number of fused-ring (bicyclic) bond motifs is 1. The number of nitrogens with one attached hydrogen (secondary N) is 1. The summed E-state index contributed by atoms with van der Waals surface area (Å²) in [6, 6.07) is 0.504. The average molecular weight is 226 g/mol. The van der Waals surface area contributed by atoms with Crippen molar-refractivity contribution in [2.24, 2.45) is 0 Å². The molecule has 0 radical (unpaired) electrons. The lowest BCUT2D eigenvalue weighted by molar-refractivity contribution is 0.119. The number of nitrogens with zero attached hydrogens (tertiary/aromatic N) is 1. The van der Waals surface area contributed by atoms with Crippen molar-refractivity contribution in [1.29, 1.82) is 0 Å². The molecule has 2 atom stereocenters. The maximum Gasteiger partial charge on any atom is 0.122 e. The van der Waals surface area contributed by atoms with Crippen LogP contribution in [0.5, 0.6) is 0 Å². The average Bonchev–Trinajstić information content (AvgIpc) is 2.71.